The number of hydrogen-bond acceptors (Lipinski definition) is 7. The molecule has 0 aliphatic carbocycles. The van der Waals surface area contributed by atoms with Crippen LogP contribution in [0.25, 0.3) is 0 Å². The fraction of sp³-hybridized carbons (Fsp3) is 0.465. The Hall–Kier alpha value is -5.07. The van der Waals surface area contributed by atoms with Gasteiger partial charge >= 0.3 is 0 Å². The molecular formula is C43H59N7O5. The SMILES string of the molecule is Cc1cc(C)cc(CN2CC(=O)N(CCCN)CC(=O)N(Cc3cc(C)cc(C)c3)CC(=O)N(Cc3cc(C)cc(C)c3)CC(=O)N(CCCN)CC2=O)c1. The van der Waals surface area contributed by atoms with Gasteiger partial charge in [0, 0.05) is 32.7 Å². The van der Waals surface area contributed by atoms with Crippen molar-refractivity contribution in [3.05, 3.63) is 105 Å². The van der Waals surface area contributed by atoms with Gasteiger partial charge in [0.15, 0.2) is 0 Å². The fourth-order valence-corrected chi connectivity index (χ4v) is 7.30. The number of carbonyl (C=O) groups is 5. The van der Waals surface area contributed by atoms with Crippen molar-refractivity contribution in [1.29, 1.82) is 0 Å². The molecule has 0 bridgehead atoms. The summed E-state index contributed by atoms with van der Waals surface area (Å²) < 4.78 is 0. The van der Waals surface area contributed by atoms with Crippen LogP contribution in [0.15, 0.2) is 54.6 Å². The standard InChI is InChI=1S/C43H59N7O5/c1-30-13-31(2)17-36(16-30)22-48-27-39(51)47(12-8-10-45)26-42(54)50(24-38-20-34(5)15-35(6)21-38)29-43(55)49(23-37-18-32(3)14-33(4)19-37)28-40(52)46(11-7-9-44)25-41(48)53/h13-21H,7-12,22-29,44-45H2,1-6H3. The third-order valence-corrected chi connectivity index (χ3v) is 9.62. The second-order valence-corrected chi connectivity index (χ2v) is 15.2. The van der Waals surface area contributed by atoms with Crippen molar-refractivity contribution in [3.8, 4) is 0 Å². The monoisotopic (exact) mass is 753 g/mol. The van der Waals surface area contributed by atoms with Gasteiger partial charge in [0.05, 0.1) is 13.1 Å². The summed E-state index contributed by atoms with van der Waals surface area (Å²) in [5, 5.41) is 0. The van der Waals surface area contributed by atoms with E-state index in [9.17, 15) is 24.0 Å². The van der Waals surface area contributed by atoms with Crippen LogP contribution in [0.5, 0.6) is 0 Å². The Morgan fingerprint density at radius 1 is 0.382 bits per heavy atom. The molecule has 4 N–H and O–H groups in total. The maximum absolute atomic E-state index is 14.4. The van der Waals surface area contributed by atoms with Crippen LogP contribution >= 0.6 is 0 Å². The molecule has 3 aromatic carbocycles. The van der Waals surface area contributed by atoms with Crippen LogP contribution in [0.2, 0.25) is 0 Å². The Balaban J connectivity index is 1.82. The van der Waals surface area contributed by atoms with Gasteiger partial charge < -0.3 is 36.0 Å². The molecular weight excluding hydrogens is 695 g/mol. The molecule has 3 aromatic rings. The van der Waals surface area contributed by atoms with E-state index in [1.54, 1.807) is 0 Å². The topological polar surface area (TPSA) is 154 Å². The molecule has 1 fully saturated rings. The first kappa shape index (κ1) is 42.7. The van der Waals surface area contributed by atoms with Gasteiger partial charge in [-0.3, -0.25) is 24.0 Å². The lowest BCUT2D eigenvalue weighted by molar-refractivity contribution is -0.146. The molecule has 0 atom stereocenters. The number of amides is 5. The molecule has 0 saturated carbocycles. The van der Waals surface area contributed by atoms with E-state index in [1.165, 1.54) is 24.5 Å². The molecule has 1 saturated heterocycles. The van der Waals surface area contributed by atoms with Gasteiger partial charge in [-0.25, -0.2) is 0 Å². The van der Waals surface area contributed by atoms with Crippen LogP contribution in [0.3, 0.4) is 0 Å². The number of aryl methyl sites for hydroxylation is 6. The van der Waals surface area contributed by atoms with E-state index in [2.05, 4.69) is 0 Å². The lowest BCUT2D eigenvalue weighted by Crippen LogP contribution is -2.50. The largest absolute Gasteiger partial charge is 0.332 e. The van der Waals surface area contributed by atoms with Crippen molar-refractivity contribution >= 4 is 29.5 Å². The second-order valence-electron chi connectivity index (χ2n) is 15.2. The molecule has 5 amide bonds. The normalized spacial score (nSPS) is 15.6. The smallest absolute Gasteiger partial charge is 0.242 e. The van der Waals surface area contributed by atoms with Crippen molar-refractivity contribution in [2.24, 2.45) is 11.5 Å². The molecule has 0 spiro atoms. The predicted octanol–water partition coefficient (Wildman–Crippen LogP) is 3.29. The van der Waals surface area contributed by atoms with E-state index in [1.807, 2.05) is 96.1 Å². The molecule has 296 valence electrons. The number of carbonyl (C=O) groups excluding carboxylic acids is 5. The van der Waals surface area contributed by atoms with E-state index in [0.717, 1.165) is 50.1 Å². The van der Waals surface area contributed by atoms with Crippen LogP contribution in [0.1, 0.15) is 62.9 Å². The minimum absolute atomic E-state index is 0.122. The number of hydrogen-bond donors (Lipinski definition) is 2. The molecule has 1 aliphatic heterocycles. The van der Waals surface area contributed by atoms with E-state index in [0.29, 0.717) is 25.9 Å². The van der Waals surface area contributed by atoms with Gasteiger partial charge in [0.2, 0.25) is 29.5 Å². The molecule has 12 heteroatoms. The Bertz CT molecular complexity index is 1740. The first-order chi connectivity index (χ1) is 26.1. The molecule has 4 rings (SSSR count). The summed E-state index contributed by atoms with van der Waals surface area (Å²) in [4.78, 5) is 78.7. The minimum Gasteiger partial charge on any atom is -0.332 e. The Morgan fingerprint density at radius 3 is 0.836 bits per heavy atom. The summed E-state index contributed by atoms with van der Waals surface area (Å²) in [5.74, 6) is -2.14. The highest BCUT2D eigenvalue weighted by Crippen LogP contribution is 2.17. The van der Waals surface area contributed by atoms with Gasteiger partial charge in [-0.2, -0.15) is 0 Å². The quantitative estimate of drug-likeness (QED) is 0.288. The highest BCUT2D eigenvalue weighted by Gasteiger charge is 2.31. The lowest BCUT2D eigenvalue weighted by Gasteiger charge is -2.31. The van der Waals surface area contributed by atoms with Crippen molar-refractivity contribution in [2.45, 2.75) is 74.0 Å². The summed E-state index contributed by atoms with van der Waals surface area (Å²) in [7, 11) is 0. The zero-order valence-electron chi connectivity index (χ0n) is 33.5. The summed E-state index contributed by atoms with van der Waals surface area (Å²) in [6.45, 7) is 11.6. The molecule has 0 unspecified atom stereocenters. The molecule has 1 heterocycles. The summed E-state index contributed by atoms with van der Waals surface area (Å²) >= 11 is 0. The zero-order valence-corrected chi connectivity index (χ0v) is 33.5. The van der Waals surface area contributed by atoms with Gasteiger partial charge in [-0.05, 0) is 84.2 Å². The van der Waals surface area contributed by atoms with Crippen LogP contribution in [0, 0.1) is 41.5 Å². The predicted molar refractivity (Wildman–Crippen MR) is 215 cm³/mol. The fourth-order valence-electron chi connectivity index (χ4n) is 7.30. The van der Waals surface area contributed by atoms with E-state index in [4.69, 9.17) is 11.5 Å². The molecule has 1 aliphatic rings. The maximum atomic E-state index is 14.4. The van der Waals surface area contributed by atoms with Gasteiger partial charge in [-0.15, -0.1) is 0 Å². The van der Waals surface area contributed by atoms with Crippen molar-refractivity contribution in [3.63, 3.8) is 0 Å². The first-order valence-corrected chi connectivity index (χ1v) is 19.1. The summed E-state index contributed by atoms with van der Waals surface area (Å²) in [5.41, 5.74) is 20.4. The van der Waals surface area contributed by atoms with Gasteiger partial charge in [0.25, 0.3) is 0 Å². The average molecular weight is 754 g/mol. The number of benzene rings is 3. The van der Waals surface area contributed by atoms with Crippen LogP contribution in [0.4, 0.5) is 0 Å². The Kier molecular flexibility index (Phi) is 15.5. The highest BCUT2D eigenvalue weighted by atomic mass is 16.2. The van der Waals surface area contributed by atoms with Crippen molar-refractivity contribution < 1.29 is 24.0 Å². The Morgan fingerprint density at radius 2 is 0.600 bits per heavy atom. The van der Waals surface area contributed by atoms with E-state index in [-0.39, 0.29) is 65.4 Å². The second kappa shape index (κ2) is 20.0. The van der Waals surface area contributed by atoms with E-state index < -0.39 is 29.5 Å². The van der Waals surface area contributed by atoms with Crippen molar-refractivity contribution in [1.82, 2.24) is 24.5 Å². The minimum atomic E-state index is -0.429. The number of rotatable bonds is 12. The Labute approximate surface area is 326 Å². The number of nitrogens with two attached hydrogens (primary N) is 2. The van der Waals surface area contributed by atoms with Gasteiger partial charge in [0.1, 0.15) is 19.6 Å². The van der Waals surface area contributed by atoms with Crippen LogP contribution in [-0.2, 0) is 43.6 Å². The zero-order chi connectivity index (χ0) is 40.2. The third kappa shape index (κ3) is 13.0. The van der Waals surface area contributed by atoms with Crippen LogP contribution < -0.4 is 11.5 Å². The third-order valence-electron chi connectivity index (χ3n) is 9.62. The molecule has 12 nitrogen and oxygen atoms in total. The first-order valence-electron chi connectivity index (χ1n) is 19.1. The highest BCUT2D eigenvalue weighted by molar-refractivity contribution is 5.93. The van der Waals surface area contributed by atoms with Crippen LogP contribution in [-0.4, -0.2) is 113 Å². The molecule has 55 heavy (non-hydrogen) atoms. The summed E-state index contributed by atoms with van der Waals surface area (Å²) in [6.07, 6.45) is 0.871. The lowest BCUT2D eigenvalue weighted by atomic mass is 10.1. The van der Waals surface area contributed by atoms with Crippen molar-refractivity contribution in [2.75, 3.05) is 58.9 Å². The molecule has 0 aromatic heterocycles. The maximum Gasteiger partial charge on any atom is 0.242 e. The average Bonchev–Trinajstić information content (AvgIpc) is 3.09. The molecule has 0 radical (unpaired) electrons. The number of nitrogens with zero attached hydrogens (tertiary/aromatic N) is 5. The summed E-state index contributed by atoms with van der Waals surface area (Å²) in [6, 6.07) is 17.9. The van der Waals surface area contributed by atoms with E-state index >= 15 is 0 Å². The van der Waals surface area contributed by atoms with Gasteiger partial charge in [-0.1, -0.05) is 88.0 Å².